The van der Waals surface area contributed by atoms with Crippen LogP contribution in [0.25, 0.3) is 0 Å². The maximum absolute atomic E-state index is 6.17. The first-order chi connectivity index (χ1) is 8.14. The highest BCUT2D eigenvalue weighted by Crippen LogP contribution is 2.40. The highest BCUT2D eigenvalue weighted by Gasteiger charge is 2.50. The molecule has 98 valence electrons. The molecule has 3 nitrogen and oxygen atoms in total. The first-order valence-corrected chi connectivity index (χ1v) is 7.35. The van der Waals surface area contributed by atoms with Crippen LogP contribution in [0.1, 0.15) is 39.5 Å². The molecule has 2 heterocycles. The Morgan fingerprint density at radius 2 is 2.00 bits per heavy atom. The third-order valence-electron chi connectivity index (χ3n) is 5.21. The molecule has 0 radical (unpaired) electrons. The number of hydrogen-bond acceptors (Lipinski definition) is 3. The fourth-order valence-electron chi connectivity index (χ4n) is 3.99. The maximum atomic E-state index is 6.17. The molecule has 1 saturated carbocycles. The number of nitrogens with zero attached hydrogens (tertiary/aromatic N) is 2. The second kappa shape index (κ2) is 4.22. The molecule has 3 heteroatoms. The summed E-state index contributed by atoms with van der Waals surface area (Å²) in [5.41, 5.74) is 6.47. The van der Waals surface area contributed by atoms with E-state index in [4.69, 9.17) is 5.73 Å². The minimum Gasteiger partial charge on any atom is -0.329 e. The molecule has 0 aromatic heterocycles. The van der Waals surface area contributed by atoms with Gasteiger partial charge in [-0.3, -0.25) is 9.80 Å². The zero-order chi connectivity index (χ0) is 12.0. The molecular weight excluding hydrogens is 210 g/mol. The van der Waals surface area contributed by atoms with E-state index in [0.29, 0.717) is 5.54 Å². The zero-order valence-electron chi connectivity index (χ0n) is 11.4. The molecule has 3 fully saturated rings. The normalized spacial score (nSPS) is 44.6. The summed E-state index contributed by atoms with van der Waals surface area (Å²) in [7, 11) is 0. The molecule has 2 aliphatic heterocycles. The van der Waals surface area contributed by atoms with Crippen LogP contribution in [0.5, 0.6) is 0 Å². The summed E-state index contributed by atoms with van der Waals surface area (Å²) in [6.45, 7) is 9.37. The minimum atomic E-state index is 0.298. The lowest BCUT2D eigenvalue weighted by Crippen LogP contribution is -2.54. The number of likely N-dealkylation sites (tertiary alicyclic amines) is 2. The first-order valence-electron chi connectivity index (χ1n) is 7.35. The second-order valence-electron chi connectivity index (χ2n) is 6.72. The summed E-state index contributed by atoms with van der Waals surface area (Å²) in [5, 5.41) is 0. The van der Waals surface area contributed by atoms with Crippen molar-refractivity contribution in [3.05, 3.63) is 0 Å². The van der Waals surface area contributed by atoms with Gasteiger partial charge < -0.3 is 5.73 Å². The molecule has 3 aliphatic rings. The highest BCUT2D eigenvalue weighted by molar-refractivity contribution is 5.07. The Morgan fingerprint density at radius 3 is 2.53 bits per heavy atom. The second-order valence-corrected chi connectivity index (χ2v) is 6.72. The molecule has 3 rings (SSSR count). The molecule has 0 aromatic carbocycles. The van der Waals surface area contributed by atoms with Gasteiger partial charge in [-0.1, -0.05) is 6.92 Å². The molecule has 3 unspecified atom stereocenters. The summed E-state index contributed by atoms with van der Waals surface area (Å²) in [4.78, 5) is 5.44. The van der Waals surface area contributed by atoms with E-state index in [0.717, 1.165) is 24.5 Å². The van der Waals surface area contributed by atoms with Crippen LogP contribution in [-0.4, -0.2) is 53.6 Å². The van der Waals surface area contributed by atoms with Gasteiger partial charge in [0.15, 0.2) is 0 Å². The van der Waals surface area contributed by atoms with E-state index >= 15 is 0 Å². The van der Waals surface area contributed by atoms with Crippen LogP contribution in [-0.2, 0) is 0 Å². The molecule has 3 atom stereocenters. The van der Waals surface area contributed by atoms with Gasteiger partial charge >= 0.3 is 0 Å². The van der Waals surface area contributed by atoms with Crippen molar-refractivity contribution < 1.29 is 0 Å². The summed E-state index contributed by atoms with van der Waals surface area (Å²) < 4.78 is 0. The van der Waals surface area contributed by atoms with Crippen molar-refractivity contribution in [2.24, 2.45) is 11.7 Å². The molecular formula is C14H27N3. The smallest absolute Gasteiger partial charge is 0.0473 e. The van der Waals surface area contributed by atoms with Gasteiger partial charge in [-0.15, -0.1) is 0 Å². The van der Waals surface area contributed by atoms with Crippen molar-refractivity contribution in [3.63, 3.8) is 0 Å². The highest BCUT2D eigenvalue weighted by atomic mass is 15.3. The van der Waals surface area contributed by atoms with E-state index in [1.165, 1.54) is 45.3 Å². The van der Waals surface area contributed by atoms with Crippen LogP contribution in [0.3, 0.4) is 0 Å². The average Bonchev–Trinajstić information content (AvgIpc) is 2.97. The summed E-state index contributed by atoms with van der Waals surface area (Å²) >= 11 is 0. The quantitative estimate of drug-likeness (QED) is 0.802. The molecule has 2 saturated heterocycles. The van der Waals surface area contributed by atoms with Gasteiger partial charge in [0.25, 0.3) is 0 Å². The Balaban J connectivity index is 1.74. The van der Waals surface area contributed by atoms with Crippen molar-refractivity contribution >= 4 is 0 Å². The predicted molar refractivity (Wildman–Crippen MR) is 70.9 cm³/mol. The molecule has 0 bridgehead atoms. The lowest BCUT2D eigenvalue weighted by molar-refractivity contribution is 0.122. The molecule has 0 aromatic rings. The lowest BCUT2D eigenvalue weighted by Gasteiger charge is -2.38. The van der Waals surface area contributed by atoms with Crippen molar-refractivity contribution in [1.82, 2.24) is 9.80 Å². The fraction of sp³-hybridized carbons (Fsp3) is 1.00. The third-order valence-corrected chi connectivity index (χ3v) is 5.21. The Bertz CT molecular complexity index is 289. The van der Waals surface area contributed by atoms with Crippen molar-refractivity contribution in [1.29, 1.82) is 0 Å². The number of nitrogens with two attached hydrogens (primary N) is 1. The molecule has 17 heavy (non-hydrogen) atoms. The van der Waals surface area contributed by atoms with Crippen LogP contribution in [0, 0.1) is 5.92 Å². The number of hydrogen-bond donors (Lipinski definition) is 1. The van der Waals surface area contributed by atoms with Gasteiger partial charge in [0.05, 0.1) is 0 Å². The summed E-state index contributed by atoms with van der Waals surface area (Å²) in [6, 6.07) is 1.63. The molecule has 0 spiro atoms. The van der Waals surface area contributed by atoms with Crippen molar-refractivity contribution in [2.75, 3.05) is 26.2 Å². The largest absolute Gasteiger partial charge is 0.329 e. The van der Waals surface area contributed by atoms with Crippen LogP contribution < -0.4 is 5.73 Å². The first kappa shape index (κ1) is 11.9. The Kier molecular flexibility index (Phi) is 2.96. The molecule has 2 N–H and O–H groups in total. The van der Waals surface area contributed by atoms with E-state index in [1.807, 2.05) is 0 Å². The van der Waals surface area contributed by atoms with Crippen LogP contribution in [0.15, 0.2) is 0 Å². The lowest BCUT2D eigenvalue weighted by atomic mass is 9.94. The summed E-state index contributed by atoms with van der Waals surface area (Å²) in [5.74, 6) is 0.865. The predicted octanol–water partition coefficient (Wildman–Crippen LogP) is 1.28. The number of rotatable bonds is 3. The van der Waals surface area contributed by atoms with Crippen molar-refractivity contribution in [2.45, 2.75) is 57.2 Å². The van der Waals surface area contributed by atoms with Gasteiger partial charge in [0, 0.05) is 37.3 Å². The van der Waals surface area contributed by atoms with Gasteiger partial charge in [-0.2, -0.15) is 0 Å². The fourth-order valence-corrected chi connectivity index (χ4v) is 3.99. The van der Waals surface area contributed by atoms with E-state index < -0.39 is 0 Å². The van der Waals surface area contributed by atoms with Gasteiger partial charge in [0.2, 0.25) is 0 Å². The van der Waals surface area contributed by atoms with Crippen molar-refractivity contribution in [3.8, 4) is 0 Å². The Hall–Kier alpha value is -0.120. The minimum absolute atomic E-state index is 0.298. The van der Waals surface area contributed by atoms with E-state index in [-0.39, 0.29) is 0 Å². The van der Waals surface area contributed by atoms with E-state index in [9.17, 15) is 0 Å². The van der Waals surface area contributed by atoms with Crippen LogP contribution in [0.2, 0.25) is 0 Å². The standard InChI is InChI=1S/C14H27N3/c1-11-5-6-16(8-11)14(9-15)7-12(2)17(10-14)13-3-4-13/h11-13H,3-10,15H2,1-2H3. The summed E-state index contributed by atoms with van der Waals surface area (Å²) in [6.07, 6.45) is 5.48. The monoisotopic (exact) mass is 237 g/mol. The molecule has 1 aliphatic carbocycles. The van der Waals surface area contributed by atoms with Gasteiger partial charge in [-0.25, -0.2) is 0 Å². The van der Waals surface area contributed by atoms with Gasteiger partial charge in [-0.05, 0) is 45.1 Å². The molecule has 0 amide bonds. The topological polar surface area (TPSA) is 32.5 Å². The third kappa shape index (κ3) is 2.02. The van der Waals surface area contributed by atoms with Crippen LogP contribution in [0.4, 0.5) is 0 Å². The van der Waals surface area contributed by atoms with Crippen LogP contribution >= 0.6 is 0 Å². The Labute approximate surface area is 105 Å². The zero-order valence-corrected chi connectivity index (χ0v) is 11.4. The average molecular weight is 237 g/mol. The van der Waals surface area contributed by atoms with Gasteiger partial charge in [0.1, 0.15) is 0 Å². The SMILES string of the molecule is CC1CCN(C2(CN)CC(C)N(C3CC3)C2)C1. The maximum Gasteiger partial charge on any atom is 0.0473 e. The van der Waals surface area contributed by atoms with E-state index in [2.05, 4.69) is 23.6 Å². The van der Waals surface area contributed by atoms with E-state index in [1.54, 1.807) is 0 Å². The Morgan fingerprint density at radius 1 is 1.24 bits per heavy atom.